The van der Waals surface area contributed by atoms with Crippen molar-refractivity contribution in [3.05, 3.63) is 110 Å². The number of ether oxygens (including phenoxy) is 1. The molecular weight excluding hydrogens is 546 g/mol. The average molecular weight is 582 g/mol. The second-order valence-corrected chi connectivity index (χ2v) is 11.4. The second kappa shape index (κ2) is 12.4. The van der Waals surface area contributed by atoms with Gasteiger partial charge in [-0.15, -0.1) is 0 Å². The second-order valence-electron chi connectivity index (χ2n) is 11.0. The van der Waals surface area contributed by atoms with Gasteiger partial charge in [0.25, 0.3) is 0 Å². The van der Waals surface area contributed by atoms with Gasteiger partial charge in [0.05, 0.1) is 12.3 Å². The molecule has 1 amide bonds. The van der Waals surface area contributed by atoms with Crippen molar-refractivity contribution in [3.8, 4) is 16.9 Å². The van der Waals surface area contributed by atoms with E-state index in [1.807, 2.05) is 58.0 Å². The molecule has 6 nitrogen and oxygen atoms in total. The topological polar surface area (TPSA) is 84.1 Å². The molecule has 2 N–H and O–H groups in total. The van der Waals surface area contributed by atoms with Crippen LogP contribution in [0.3, 0.4) is 0 Å². The number of nitrogens with one attached hydrogen (secondary N) is 2. The van der Waals surface area contributed by atoms with E-state index in [-0.39, 0.29) is 11.7 Å². The van der Waals surface area contributed by atoms with Gasteiger partial charge in [-0.2, -0.15) is 5.10 Å². The number of rotatable bonds is 10. The first-order valence-electron chi connectivity index (χ1n) is 14.3. The third-order valence-corrected chi connectivity index (χ3v) is 8.52. The summed E-state index contributed by atoms with van der Waals surface area (Å²) >= 11 is 6.33. The maximum Gasteiger partial charge on any atom is 0.248 e. The first-order valence-corrected chi connectivity index (χ1v) is 14.7. The fourth-order valence-electron chi connectivity index (χ4n) is 5.81. The Kier molecular flexibility index (Phi) is 8.64. The molecule has 0 bridgehead atoms. The zero-order valence-electron chi connectivity index (χ0n) is 24.8. The maximum absolute atomic E-state index is 13.7. The van der Waals surface area contributed by atoms with Crippen LogP contribution >= 0.6 is 11.6 Å². The minimum atomic E-state index is -0.0918. The van der Waals surface area contributed by atoms with E-state index in [1.54, 1.807) is 13.0 Å². The smallest absolute Gasteiger partial charge is 0.248 e. The van der Waals surface area contributed by atoms with Crippen molar-refractivity contribution in [1.82, 2.24) is 15.5 Å². The molecule has 0 aliphatic heterocycles. The molecule has 0 radical (unpaired) electrons. The molecule has 0 unspecified atom stereocenters. The van der Waals surface area contributed by atoms with Gasteiger partial charge in [-0.3, -0.25) is 14.7 Å². The van der Waals surface area contributed by atoms with Gasteiger partial charge < -0.3 is 10.1 Å². The molecule has 0 saturated carbocycles. The van der Waals surface area contributed by atoms with Gasteiger partial charge in [-0.05, 0) is 105 Å². The highest BCUT2D eigenvalue weighted by atomic mass is 35.5. The molecule has 1 aliphatic rings. The first kappa shape index (κ1) is 29.3. The lowest BCUT2D eigenvalue weighted by molar-refractivity contribution is -0.117. The van der Waals surface area contributed by atoms with Gasteiger partial charge >= 0.3 is 0 Å². The summed E-state index contributed by atoms with van der Waals surface area (Å²) in [6, 6.07) is 17.6. The highest BCUT2D eigenvalue weighted by Gasteiger charge is 2.29. The molecule has 5 rings (SSSR count). The Hall–Kier alpha value is -4.16. The molecule has 0 atom stereocenters. The maximum atomic E-state index is 13.7. The van der Waals surface area contributed by atoms with E-state index in [0.29, 0.717) is 31.6 Å². The van der Waals surface area contributed by atoms with Crippen molar-refractivity contribution in [1.29, 1.82) is 0 Å². The Bertz CT molecular complexity index is 1670. The number of H-pyrrole nitrogens is 1. The molecule has 216 valence electrons. The fraction of sp³-hybridized carbons (Fsp3) is 0.286. The van der Waals surface area contributed by atoms with Crippen LogP contribution < -0.4 is 10.1 Å². The Morgan fingerprint density at radius 2 is 1.71 bits per heavy atom. The number of fused-ring (bicyclic) bond motifs is 1. The molecule has 7 heteroatoms. The van der Waals surface area contributed by atoms with Crippen LogP contribution in [-0.2, 0) is 17.8 Å². The van der Waals surface area contributed by atoms with E-state index < -0.39 is 0 Å². The lowest BCUT2D eigenvalue weighted by Gasteiger charge is -2.13. The third-order valence-electron chi connectivity index (χ3n) is 7.93. The molecule has 1 aliphatic carbocycles. The Morgan fingerprint density at radius 1 is 1.00 bits per heavy atom. The predicted molar refractivity (Wildman–Crippen MR) is 168 cm³/mol. The number of aromatic amines is 1. The van der Waals surface area contributed by atoms with Gasteiger partial charge in [-0.1, -0.05) is 48.0 Å². The SMILES string of the molecule is CC(=O)c1cccc(CNC(=O)C2=C(CCCOc3cc(C)c(Cl)c(C)c3)c3cccc(-c4c(C)n[nH]c4C)c3C2)c1. The number of Topliss-reactive ketones (excluding diaryl/α,β-unsaturated/α-hetero) is 1. The van der Waals surface area contributed by atoms with Crippen LogP contribution in [-0.4, -0.2) is 28.5 Å². The number of allylic oxidation sites excluding steroid dienone is 1. The van der Waals surface area contributed by atoms with E-state index in [2.05, 4.69) is 33.7 Å². The van der Waals surface area contributed by atoms with Crippen molar-refractivity contribution in [2.45, 2.75) is 60.4 Å². The fourth-order valence-corrected chi connectivity index (χ4v) is 5.92. The number of aromatic nitrogens is 2. The highest BCUT2D eigenvalue weighted by Crippen LogP contribution is 2.42. The summed E-state index contributed by atoms with van der Waals surface area (Å²) in [4.78, 5) is 25.5. The molecule has 0 fully saturated rings. The lowest BCUT2D eigenvalue weighted by atomic mass is 9.93. The Balaban J connectivity index is 1.39. The van der Waals surface area contributed by atoms with Crippen molar-refractivity contribution < 1.29 is 14.3 Å². The van der Waals surface area contributed by atoms with Crippen LogP contribution in [0.4, 0.5) is 0 Å². The van der Waals surface area contributed by atoms with Crippen molar-refractivity contribution in [2.75, 3.05) is 6.61 Å². The minimum absolute atomic E-state index is 0.00270. The van der Waals surface area contributed by atoms with Crippen LogP contribution in [0.5, 0.6) is 5.75 Å². The Labute approximate surface area is 252 Å². The summed E-state index contributed by atoms with van der Waals surface area (Å²) in [5, 5.41) is 11.4. The molecular formula is C35H36ClN3O3. The number of nitrogens with zero attached hydrogens (tertiary/aromatic N) is 1. The average Bonchev–Trinajstić information content (AvgIpc) is 3.51. The van der Waals surface area contributed by atoms with Gasteiger partial charge in [0.15, 0.2) is 5.78 Å². The number of hydrogen-bond donors (Lipinski definition) is 2. The summed E-state index contributed by atoms with van der Waals surface area (Å²) in [5.74, 6) is 0.711. The number of carbonyl (C=O) groups excluding carboxylic acids is 2. The molecule has 4 aromatic rings. The van der Waals surface area contributed by atoms with Gasteiger partial charge in [0.1, 0.15) is 5.75 Å². The molecule has 1 aromatic heterocycles. The van der Waals surface area contributed by atoms with Crippen molar-refractivity contribution >= 4 is 28.9 Å². The van der Waals surface area contributed by atoms with E-state index in [9.17, 15) is 9.59 Å². The van der Waals surface area contributed by atoms with Crippen molar-refractivity contribution in [2.24, 2.45) is 0 Å². The molecule has 0 spiro atoms. The van der Waals surface area contributed by atoms with Gasteiger partial charge in [0, 0.05) is 40.4 Å². The third kappa shape index (κ3) is 6.04. The number of benzene rings is 3. The van der Waals surface area contributed by atoms with Crippen LogP contribution in [0.25, 0.3) is 16.7 Å². The van der Waals surface area contributed by atoms with Crippen LogP contribution in [0.15, 0.2) is 60.2 Å². The summed E-state index contributed by atoms with van der Waals surface area (Å²) in [6.07, 6.45) is 2.00. The number of aryl methyl sites for hydroxylation is 4. The number of hydrogen-bond acceptors (Lipinski definition) is 4. The van der Waals surface area contributed by atoms with E-state index in [0.717, 1.165) is 78.7 Å². The first-order chi connectivity index (χ1) is 20.1. The van der Waals surface area contributed by atoms with Crippen LogP contribution in [0, 0.1) is 27.7 Å². The largest absolute Gasteiger partial charge is 0.494 e. The number of halogens is 1. The standard InChI is InChI=1S/C35H36ClN3O3/c1-20-15-27(16-21(2)34(20)36)42-14-8-13-29-28-11-7-12-30(33-22(3)38-39-23(33)4)31(28)18-32(29)35(41)37-19-25-9-6-10-26(17-25)24(5)40/h6-7,9-12,15-17H,8,13-14,18-19H2,1-5H3,(H,37,41)(H,38,39). The summed E-state index contributed by atoms with van der Waals surface area (Å²) in [7, 11) is 0. The normalized spacial score (nSPS) is 12.4. The number of amides is 1. The number of ketones is 1. The monoisotopic (exact) mass is 581 g/mol. The van der Waals surface area contributed by atoms with Crippen molar-refractivity contribution in [3.63, 3.8) is 0 Å². The van der Waals surface area contributed by atoms with Crippen LogP contribution in [0.2, 0.25) is 5.02 Å². The summed E-state index contributed by atoms with van der Waals surface area (Å²) < 4.78 is 6.09. The van der Waals surface area contributed by atoms with E-state index >= 15 is 0 Å². The molecule has 3 aromatic carbocycles. The van der Waals surface area contributed by atoms with Crippen LogP contribution in [0.1, 0.15) is 69.3 Å². The van der Waals surface area contributed by atoms with Gasteiger partial charge in [-0.25, -0.2) is 0 Å². The number of carbonyl (C=O) groups is 2. The van der Waals surface area contributed by atoms with E-state index in [1.165, 1.54) is 0 Å². The summed E-state index contributed by atoms with van der Waals surface area (Å²) in [5.41, 5.74) is 11.7. The molecule has 0 saturated heterocycles. The Morgan fingerprint density at radius 3 is 2.40 bits per heavy atom. The predicted octanol–water partition coefficient (Wildman–Crippen LogP) is 7.65. The minimum Gasteiger partial charge on any atom is -0.494 e. The zero-order valence-corrected chi connectivity index (χ0v) is 25.5. The quantitative estimate of drug-likeness (QED) is 0.149. The zero-order chi connectivity index (χ0) is 30.0. The lowest BCUT2D eigenvalue weighted by Crippen LogP contribution is -2.25. The van der Waals surface area contributed by atoms with Gasteiger partial charge in [0.2, 0.25) is 5.91 Å². The molecule has 1 heterocycles. The molecule has 42 heavy (non-hydrogen) atoms. The highest BCUT2D eigenvalue weighted by molar-refractivity contribution is 6.32. The summed E-state index contributed by atoms with van der Waals surface area (Å²) in [6.45, 7) is 10.4. The van der Waals surface area contributed by atoms with E-state index in [4.69, 9.17) is 16.3 Å².